The molecular formula is C18H24N4O3. The van der Waals surface area contributed by atoms with Crippen molar-refractivity contribution < 1.29 is 14.3 Å². The molecule has 0 aromatic carbocycles. The number of hydrogen-bond acceptors (Lipinski definition) is 5. The number of hydrogen-bond donors (Lipinski definition) is 1. The molecule has 0 aliphatic carbocycles. The molecule has 0 radical (unpaired) electrons. The van der Waals surface area contributed by atoms with E-state index < -0.39 is 11.5 Å². The van der Waals surface area contributed by atoms with E-state index in [0.29, 0.717) is 11.7 Å². The number of rotatable bonds is 5. The van der Waals surface area contributed by atoms with Crippen LogP contribution in [0.15, 0.2) is 24.4 Å². The van der Waals surface area contributed by atoms with Crippen LogP contribution in [0.4, 0.5) is 0 Å². The van der Waals surface area contributed by atoms with Gasteiger partial charge in [0.15, 0.2) is 11.5 Å². The standard InChI is InChI=1S/C18H24N4O3/c1-11(2)9-13(16-21-20-14-7-5-6-8-22(14)16)19-17(24)12-10-15(23)25-18(12,3)4/h5-8,11-13H,9-10H2,1-4H3,(H,19,24)/t12-,13+/m1/s1. The lowest BCUT2D eigenvalue weighted by Gasteiger charge is -2.26. The van der Waals surface area contributed by atoms with Crippen molar-refractivity contribution in [2.24, 2.45) is 11.8 Å². The molecule has 1 aliphatic heterocycles. The third-order valence-electron chi connectivity index (χ3n) is 4.58. The minimum absolute atomic E-state index is 0.105. The van der Waals surface area contributed by atoms with Gasteiger partial charge in [0.05, 0.1) is 18.4 Å². The van der Waals surface area contributed by atoms with Gasteiger partial charge in [0.25, 0.3) is 0 Å². The van der Waals surface area contributed by atoms with E-state index in [1.165, 1.54) is 0 Å². The molecule has 0 bridgehead atoms. The Morgan fingerprint density at radius 1 is 1.40 bits per heavy atom. The summed E-state index contributed by atoms with van der Waals surface area (Å²) in [6.45, 7) is 7.72. The number of carbonyl (C=O) groups is 2. The van der Waals surface area contributed by atoms with Crippen LogP contribution >= 0.6 is 0 Å². The van der Waals surface area contributed by atoms with Crippen molar-refractivity contribution in [3.63, 3.8) is 0 Å². The van der Waals surface area contributed by atoms with Gasteiger partial charge in [0.1, 0.15) is 5.60 Å². The van der Waals surface area contributed by atoms with Crippen molar-refractivity contribution in [3.8, 4) is 0 Å². The Morgan fingerprint density at radius 2 is 2.16 bits per heavy atom. The van der Waals surface area contributed by atoms with E-state index in [-0.39, 0.29) is 24.3 Å². The number of pyridine rings is 1. The number of fused-ring (bicyclic) bond motifs is 1. The lowest BCUT2D eigenvalue weighted by Crippen LogP contribution is -2.42. The Hall–Kier alpha value is -2.44. The Bertz CT molecular complexity index is 796. The highest BCUT2D eigenvalue weighted by atomic mass is 16.6. The summed E-state index contributed by atoms with van der Waals surface area (Å²) in [5, 5.41) is 11.5. The van der Waals surface area contributed by atoms with E-state index in [1.807, 2.05) is 28.8 Å². The van der Waals surface area contributed by atoms with Gasteiger partial charge in [0, 0.05) is 6.20 Å². The molecule has 1 saturated heterocycles. The molecule has 134 valence electrons. The van der Waals surface area contributed by atoms with Gasteiger partial charge in [-0.25, -0.2) is 0 Å². The van der Waals surface area contributed by atoms with Gasteiger partial charge in [0.2, 0.25) is 5.91 Å². The lowest BCUT2D eigenvalue weighted by atomic mass is 9.89. The van der Waals surface area contributed by atoms with E-state index in [1.54, 1.807) is 13.8 Å². The first-order chi connectivity index (χ1) is 11.8. The molecule has 1 N–H and O–H groups in total. The van der Waals surface area contributed by atoms with Crippen molar-refractivity contribution in [3.05, 3.63) is 30.2 Å². The van der Waals surface area contributed by atoms with Crippen molar-refractivity contribution in [2.45, 2.75) is 52.2 Å². The molecule has 7 nitrogen and oxygen atoms in total. The van der Waals surface area contributed by atoms with Crippen LogP contribution in [0.3, 0.4) is 0 Å². The minimum Gasteiger partial charge on any atom is -0.459 e. The van der Waals surface area contributed by atoms with Gasteiger partial charge in [-0.1, -0.05) is 19.9 Å². The van der Waals surface area contributed by atoms with Crippen molar-refractivity contribution in [1.29, 1.82) is 0 Å². The number of amides is 1. The van der Waals surface area contributed by atoms with E-state index in [9.17, 15) is 9.59 Å². The smallest absolute Gasteiger partial charge is 0.307 e. The molecular weight excluding hydrogens is 320 g/mol. The molecule has 0 saturated carbocycles. The SMILES string of the molecule is CC(C)C[C@H](NC(=O)[C@H]1CC(=O)OC1(C)C)c1nnc2ccccn12. The van der Waals surface area contributed by atoms with E-state index in [0.717, 1.165) is 12.1 Å². The highest BCUT2D eigenvalue weighted by Crippen LogP contribution is 2.33. The number of carbonyl (C=O) groups excluding carboxylic acids is 2. The average molecular weight is 344 g/mol. The van der Waals surface area contributed by atoms with Crippen LogP contribution < -0.4 is 5.32 Å². The van der Waals surface area contributed by atoms with Gasteiger partial charge < -0.3 is 10.1 Å². The Labute approximate surface area is 146 Å². The molecule has 25 heavy (non-hydrogen) atoms. The summed E-state index contributed by atoms with van der Waals surface area (Å²) in [6, 6.07) is 5.39. The molecule has 0 spiro atoms. The molecule has 3 rings (SSSR count). The Morgan fingerprint density at radius 3 is 2.80 bits per heavy atom. The first-order valence-corrected chi connectivity index (χ1v) is 8.60. The highest BCUT2D eigenvalue weighted by molar-refractivity contribution is 5.87. The zero-order valence-corrected chi connectivity index (χ0v) is 15.0. The molecule has 1 fully saturated rings. The van der Waals surface area contributed by atoms with E-state index >= 15 is 0 Å². The Kier molecular flexibility index (Phi) is 4.49. The summed E-state index contributed by atoms with van der Waals surface area (Å²) in [6.07, 6.45) is 2.72. The van der Waals surface area contributed by atoms with E-state index in [2.05, 4.69) is 29.4 Å². The highest BCUT2D eigenvalue weighted by Gasteiger charge is 2.46. The maximum absolute atomic E-state index is 12.8. The normalized spacial score (nSPS) is 20.7. The van der Waals surface area contributed by atoms with Crippen molar-refractivity contribution in [2.75, 3.05) is 0 Å². The average Bonchev–Trinajstić information content (AvgIpc) is 3.06. The van der Waals surface area contributed by atoms with Crippen LogP contribution in [-0.2, 0) is 14.3 Å². The third-order valence-corrected chi connectivity index (χ3v) is 4.58. The molecule has 0 unspecified atom stereocenters. The third kappa shape index (κ3) is 3.50. The van der Waals surface area contributed by atoms with Gasteiger partial charge in [-0.15, -0.1) is 10.2 Å². The summed E-state index contributed by atoms with van der Waals surface area (Å²) in [5.41, 5.74) is -0.0589. The second-order valence-electron chi connectivity index (χ2n) is 7.51. The molecule has 2 aromatic rings. The van der Waals surface area contributed by atoms with Crippen LogP contribution in [0.5, 0.6) is 0 Å². The predicted molar refractivity (Wildman–Crippen MR) is 91.6 cm³/mol. The topological polar surface area (TPSA) is 85.6 Å². The fourth-order valence-corrected chi connectivity index (χ4v) is 3.30. The molecule has 2 atom stereocenters. The molecule has 2 aromatic heterocycles. The number of ether oxygens (including phenoxy) is 1. The summed E-state index contributed by atoms with van der Waals surface area (Å²) in [4.78, 5) is 24.4. The number of nitrogens with zero attached hydrogens (tertiary/aromatic N) is 3. The number of cyclic esters (lactones) is 1. The van der Waals surface area contributed by atoms with Gasteiger partial charge in [-0.2, -0.15) is 0 Å². The quantitative estimate of drug-likeness (QED) is 0.841. The van der Waals surface area contributed by atoms with Crippen molar-refractivity contribution >= 4 is 17.5 Å². The minimum atomic E-state index is -0.795. The fraction of sp³-hybridized carbons (Fsp3) is 0.556. The maximum atomic E-state index is 12.8. The summed E-state index contributed by atoms with van der Waals surface area (Å²) < 4.78 is 7.16. The molecule has 3 heterocycles. The summed E-state index contributed by atoms with van der Waals surface area (Å²) in [5.74, 6) is 0.0260. The lowest BCUT2D eigenvalue weighted by molar-refractivity contribution is -0.147. The van der Waals surface area contributed by atoms with Gasteiger partial charge >= 0.3 is 5.97 Å². The molecule has 1 amide bonds. The van der Waals surface area contributed by atoms with Gasteiger partial charge in [-0.3, -0.25) is 14.0 Å². The number of aromatic nitrogens is 3. The predicted octanol–water partition coefficient (Wildman–Crippen LogP) is 2.27. The number of nitrogens with one attached hydrogen (secondary N) is 1. The van der Waals surface area contributed by atoms with E-state index in [4.69, 9.17) is 4.74 Å². The maximum Gasteiger partial charge on any atom is 0.307 e. The summed E-state index contributed by atoms with van der Waals surface area (Å²) >= 11 is 0. The number of esters is 1. The second kappa shape index (κ2) is 6.46. The van der Waals surface area contributed by atoms with Crippen LogP contribution in [0.2, 0.25) is 0 Å². The van der Waals surface area contributed by atoms with Crippen LogP contribution in [0, 0.1) is 11.8 Å². The second-order valence-corrected chi connectivity index (χ2v) is 7.51. The zero-order valence-electron chi connectivity index (χ0n) is 15.0. The zero-order chi connectivity index (χ0) is 18.2. The molecule has 1 aliphatic rings. The monoisotopic (exact) mass is 344 g/mol. The van der Waals surface area contributed by atoms with Crippen LogP contribution in [0.1, 0.15) is 52.4 Å². The summed E-state index contributed by atoms with van der Waals surface area (Å²) in [7, 11) is 0. The van der Waals surface area contributed by atoms with Crippen LogP contribution in [0.25, 0.3) is 5.65 Å². The van der Waals surface area contributed by atoms with Crippen molar-refractivity contribution in [1.82, 2.24) is 19.9 Å². The Balaban J connectivity index is 1.87. The first kappa shape index (κ1) is 17.4. The van der Waals surface area contributed by atoms with Crippen LogP contribution in [-0.4, -0.2) is 32.1 Å². The largest absolute Gasteiger partial charge is 0.459 e. The molecule has 7 heteroatoms. The first-order valence-electron chi connectivity index (χ1n) is 8.60. The van der Waals surface area contributed by atoms with Gasteiger partial charge in [-0.05, 0) is 38.3 Å². The fourth-order valence-electron chi connectivity index (χ4n) is 3.30.